The first-order valence-electron chi connectivity index (χ1n) is 18.6. The zero-order valence-electron chi connectivity index (χ0n) is 30.4. The molecule has 0 radical (unpaired) electrons. The van der Waals surface area contributed by atoms with Crippen molar-refractivity contribution in [3.05, 3.63) is 35.9 Å². The van der Waals surface area contributed by atoms with Crippen LogP contribution in [-0.2, 0) is 30.2 Å². The van der Waals surface area contributed by atoms with Crippen molar-refractivity contribution in [3.63, 3.8) is 0 Å². The number of nitrogens with one attached hydrogen (secondary N) is 1. The molecule has 0 aliphatic carbocycles. The van der Waals surface area contributed by atoms with Crippen LogP contribution in [0.3, 0.4) is 0 Å². The Hall–Kier alpha value is -2.28. The van der Waals surface area contributed by atoms with Crippen LogP contribution in [0.5, 0.6) is 0 Å². The lowest BCUT2D eigenvalue weighted by atomic mass is 9.96. The van der Waals surface area contributed by atoms with Gasteiger partial charge in [0.05, 0.1) is 25.4 Å². The van der Waals surface area contributed by atoms with E-state index in [1.54, 1.807) is 20.8 Å². The van der Waals surface area contributed by atoms with Crippen LogP contribution >= 0.6 is 0 Å². The highest BCUT2D eigenvalue weighted by molar-refractivity contribution is 5.69. The number of ether oxygens (including phenoxy) is 4. The molecule has 6 atom stereocenters. The lowest BCUT2D eigenvalue weighted by Crippen LogP contribution is -2.65. The van der Waals surface area contributed by atoms with Gasteiger partial charge in [-0.1, -0.05) is 121 Å². The number of amides is 1. The van der Waals surface area contributed by atoms with Crippen molar-refractivity contribution >= 4 is 12.1 Å². The lowest BCUT2D eigenvalue weighted by molar-refractivity contribution is -0.351. The van der Waals surface area contributed by atoms with Gasteiger partial charge < -0.3 is 44.7 Å². The quantitative estimate of drug-likeness (QED) is 0.0667. The van der Waals surface area contributed by atoms with Gasteiger partial charge >= 0.3 is 12.1 Å². The van der Waals surface area contributed by atoms with E-state index in [1.807, 2.05) is 30.3 Å². The van der Waals surface area contributed by atoms with E-state index >= 15 is 0 Å². The summed E-state index contributed by atoms with van der Waals surface area (Å²) in [6.07, 6.45) is 9.80. The Kier molecular flexibility index (Phi) is 20.3. The maximum absolute atomic E-state index is 12.7. The van der Waals surface area contributed by atoms with Crippen LogP contribution in [0, 0.1) is 0 Å². The van der Waals surface area contributed by atoms with Crippen LogP contribution in [0.2, 0.25) is 0 Å². The van der Waals surface area contributed by atoms with E-state index in [1.165, 1.54) is 57.8 Å². The Morgan fingerprint density at radius 3 is 2.06 bits per heavy atom. The summed E-state index contributed by atoms with van der Waals surface area (Å²) in [4.78, 5) is 25.4. The highest BCUT2D eigenvalue weighted by atomic mass is 16.7. The number of hydrogen-bond donors (Lipinski definition) is 5. The molecule has 1 heterocycles. The van der Waals surface area contributed by atoms with Gasteiger partial charge in [0.1, 0.15) is 30.5 Å². The number of rotatable bonds is 24. The first-order valence-corrected chi connectivity index (χ1v) is 18.6. The number of aliphatic hydroxyl groups is 4. The summed E-state index contributed by atoms with van der Waals surface area (Å²) in [6, 6.07) is 8.44. The predicted octanol–water partition coefficient (Wildman–Crippen LogP) is 5.72. The average Bonchev–Trinajstić information content (AvgIpc) is 3.06. The molecule has 49 heavy (non-hydrogen) atoms. The molecule has 0 bridgehead atoms. The first kappa shape index (κ1) is 42.9. The third-order valence-corrected chi connectivity index (χ3v) is 8.84. The molecule has 1 aliphatic rings. The summed E-state index contributed by atoms with van der Waals surface area (Å²) in [5.74, 6) is -2.63. The van der Waals surface area contributed by atoms with Crippen molar-refractivity contribution in [3.8, 4) is 0 Å². The second kappa shape index (κ2) is 23.2. The largest absolute Gasteiger partial charge is 0.460 e. The zero-order valence-corrected chi connectivity index (χ0v) is 30.4. The minimum Gasteiger partial charge on any atom is -0.460 e. The number of carbonyl (C=O) groups excluding carboxylic acids is 2. The molecule has 1 aromatic carbocycles. The van der Waals surface area contributed by atoms with Crippen molar-refractivity contribution in [2.75, 3.05) is 19.8 Å². The highest BCUT2D eigenvalue weighted by Gasteiger charge is 2.52. The normalized spacial score (nSPS) is 22.3. The number of unbranched alkanes of at least 4 members (excludes halogenated alkanes) is 12. The van der Waals surface area contributed by atoms with Gasteiger partial charge in [0, 0.05) is 6.42 Å². The Morgan fingerprint density at radius 2 is 1.49 bits per heavy atom. The second-order valence-electron chi connectivity index (χ2n) is 14.4. The molecule has 1 amide bonds. The van der Waals surface area contributed by atoms with Gasteiger partial charge in [-0.25, -0.2) is 4.79 Å². The topological polar surface area (TPSA) is 164 Å². The fourth-order valence-corrected chi connectivity index (χ4v) is 5.83. The second-order valence-corrected chi connectivity index (χ2v) is 14.4. The molecular formula is C38H65NO10. The molecule has 4 unspecified atom stereocenters. The van der Waals surface area contributed by atoms with Gasteiger partial charge in [-0.2, -0.15) is 0 Å². The van der Waals surface area contributed by atoms with E-state index in [0.29, 0.717) is 12.8 Å². The molecule has 0 aromatic heterocycles. The van der Waals surface area contributed by atoms with E-state index in [9.17, 15) is 30.0 Å². The Labute approximate surface area is 294 Å². The van der Waals surface area contributed by atoms with Gasteiger partial charge in [-0.05, 0) is 39.2 Å². The fourth-order valence-electron chi connectivity index (χ4n) is 5.83. The van der Waals surface area contributed by atoms with E-state index in [-0.39, 0.29) is 13.0 Å². The third kappa shape index (κ3) is 17.5. The molecular weight excluding hydrogens is 630 g/mol. The van der Waals surface area contributed by atoms with Crippen molar-refractivity contribution < 1.29 is 49.0 Å². The highest BCUT2D eigenvalue weighted by Crippen LogP contribution is 2.29. The molecule has 282 valence electrons. The SMILES string of the molecule is CCCCCCCCCCCCCCCC(O)C(CO[C@@]1(COC(=O)CCc2ccccc2)OCC(O)C(O)[C@H]1O)NC(=O)OC(C)(C)C. The average molecular weight is 696 g/mol. The monoisotopic (exact) mass is 695 g/mol. The van der Waals surface area contributed by atoms with Crippen molar-refractivity contribution in [1.29, 1.82) is 0 Å². The number of benzene rings is 1. The fraction of sp³-hybridized carbons (Fsp3) is 0.789. The number of aliphatic hydroxyl groups excluding tert-OH is 4. The Morgan fingerprint density at radius 1 is 0.918 bits per heavy atom. The van der Waals surface area contributed by atoms with E-state index < -0.39 is 67.1 Å². The van der Waals surface area contributed by atoms with Crippen LogP contribution in [0.4, 0.5) is 4.79 Å². The molecule has 0 saturated carbocycles. The van der Waals surface area contributed by atoms with Gasteiger partial charge in [-0.15, -0.1) is 0 Å². The molecule has 1 aromatic rings. The maximum Gasteiger partial charge on any atom is 0.408 e. The Bertz CT molecular complexity index is 1040. The minimum absolute atomic E-state index is 0.0576. The number of alkyl carbamates (subject to hydrolysis) is 1. The van der Waals surface area contributed by atoms with E-state index in [4.69, 9.17) is 18.9 Å². The standard InChI is InChI=1S/C38H65NO10/c1-5-6-7-8-9-10-11-12-13-14-15-16-20-23-31(40)30(39-36(45)49-37(2,3)4)26-47-38(35(44)34(43)32(41)27-48-38)28-46-33(42)25-24-29-21-18-17-19-22-29/h17-19,21-22,30-32,34-35,40-41,43-44H,5-16,20,23-28H2,1-4H3,(H,39,45)/t30?,31?,32?,34?,35-,38+/m1/s1. The van der Waals surface area contributed by atoms with Gasteiger partial charge in [0.25, 0.3) is 0 Å². The summed E-state index contributed by atoms with van der Waals surface area (Å²) >= 11 is 0. The number of carbonyl (C=O) groups is 2. The lowest BCUT2D eigenvalue weighted by Gasteiger charge is -2.44. The van der Waals surface area contributed by atoms with Crippen LogP contribution in [0.1, 0.15) is 130 Å². The number of hydrogen-bond acceptors (Lipinski definition) is 10. The molecule has 2 rings (SSSR count). The van der Waals surface area contributed by atoms with Gasteiger partial charge in [0.15, 0.2) is 0 Å². The smallest absolute Gasteiger partial charge is 0.408 e. The molecule has 11 nitrogen and oxygen atoms in total. The maximum atomic E-state index is 12.7. The van der Waals surface area contributed by atoms with Crippen molar-refractivity contribution in [2.45, 2.75) is 172 Å². The van der Waals surface area contributed by atoms with E-state index in [2.05, 4.69) is 12.2 Å². The van der Waals surface area contributed by atoms with Crippen molar-refractivity contribution in [1.82, 2.24) is 5.32 Å². The summed E-state index contributed by atoms with van der Waals surface area (Å²) in [7, 11) is 0. The number of aryl methyl sites for hydroxylation is 1. The zero-order chi connectivity index (χ0) is 36.1. The molecule has 11 heteroatoms. The predicted molar refractivity (Wildman–Crippen MR) is 188 cm³/mol. The number of esters is 1. The van der Waals surface area contributed by atoms with Crippen LogP contribution in [0.15, 0.2) is 30.3 Å². The van der Waals surface area contributed by atoms with Crippen LogP contribution in [-0.4, -0.2) is 94.2 Å². The molecule has 1 aliphatic heterocycles. The van der Waals surface area contributed by atoms with Crippen LogP contribution in [0.25, 0.3) is 0 Å². The molecule has 0 spiro atoms. The summed E-state index contributed by atoms with van der Waals surface area (Å²) in [5, 5.41) is 45.4. The molecule has 1 fully saturated rings. The van der Waals surface area contributed by atoms with Gasteiger partial charge in [0.2, 0.25) is 5.79 Å². The summed E-state index contributed by atoms with van der Waals surface area (Å²) < 4.78 is 22.5. The first-order chi connectivity index (χ1) is 23.4. The third-order valence-electron chi connectivity index (χ3n) is 8.84. The summed E-state index contributed by atoms with van der Waals surface area (Å²) in [6.45, 7) is 6.07. The Balaban J connectivity index is 1.94. The van der Waals surface area contributed by atoms with Crippen molar-refractivity contribution in [2.24, 2.45) is 0 Å². The minimum atomic E-state index is -2.05. The van der Waals surface area contributed by atoms with Crippen LogP contribution < -0.4 is 5.32 Å². The molecule has 5 N–H and O–H groups in total. The molecule has 1 saturated heterocycles. The van der Waals surface area contributed by atoms with Gasteiger partial charge in [-0.3, -0.25) is 4.79 Å². The van der Waals surface area contributed by atoms with E-state index in [0.717, 1.165) is 31.2 Å². The summed E-state index contributed by atoms with van der Waals surface area (Å²) in [5.41, 5.74) is 0.166.